The van der Waals surface area contributed by atoms with Crippen molar-refractivity contribution in [2.75, 3.05) is 0 Å². The lowest BCUT2D eigenvalue weighted by Gasteiger charge is -2.20. The molecule has 0 heterocycles. The van der Waals surface area contributed by atoms with Crippen molar-refractivity contribution < 1.29 is 27.9 Å². The van der Waals surface area contributed by atoms with E-state index in [2.05, 4.69) is 15.9 Å². The van der Waals surface area contributed by atoms with E-state index in [4.69, 9.17) is 5.11 Å². The summed E-state index contributed by atoms with van der Waals surface area (Å²) in [6.45, 7) is 1.61. The number of fused-ring (bicyclic) bond motifs is 1. The number of rotatable bonds is 3. The van der Waals surface area contributed by atoms with Gasteiger partial charge in [-0.2, -0.15) is 0 Å². The smallest absolute Gasteiger partial charge is 0.303 e. The summed E-state index contributed by atoms with van der Waals surface area (Å²) in [4.78, 5) is 24.0. The van der Waals surface area contributed by atoms with Crippen LogP contribution in [0.2, 0.25) is 0 Å². The predicted octanol–water partition coefficient (Wildman–Crippen LogP) is 4.55. The molecule has 0 aromatic heterocycles. The first kappa shape index (κ1) is 17.2. The Balaban J connectivity index is 2.20. The maximum absolute atomic E-state index is 14.5. The van der Waals surface area contributed by atoms with E-state index >= 15 is 0 Å². The molecule has 7 heteroatoms. The summed E-state index contributed by atoms with van der Waals surface area (Å²) in [5, 5.41) is 8.98. The average molecular weight is 403 g/mol. The van der Waals surface area contributed by atoms with Gasteiger partial charge in [-0.05, 0) is 46.3 Å². The number of alkyl halides is 2. The van der Waals surface area contributed by atoms with Gasteiger partial charge in [0.1, 0.15) is 5.82 Å². The summed E-state index contributed by atoms with van der Waals surface area (Å²) in [5.41, 5.74) is -2.03. The van der Waals surface area contributed by atoms with Gasteiger partial charge in [-0.15, -0.1) is 0 Å². The molecule has 1 fully saturated rings. The number of hydrogen-bond donors (Lipinski definition) is 1. The van der Waals surface area contributed by atoms with Gasteiger partial charge in [0.05, 0.1) is 4.47 Å². The van der Waals surface area contributed by atoms with Crippen molar-refractivity contribution in [3.05, 3.63) is 39.6 Å². The van der Waals surface area contributed by atoms with Crippen molar-refractivity contribution in [3.8, 4) is 0 Å². The number of aliphatic carboxylic acids is 1. The molecule has 0 saturated heterocycles. The van der Waals surface area contributed by atoms with Gasteiger partial charge in [0.2, 0.25) is 0 Å². The molecule has 0 radical (unpaired) electrons. The number of carbonyl (C=O) groups is 2. The third-order valence-electron chi connectivity index (χ3n) is 5.10. The van der Waals surface area contributed by atoms with Gasteiger partial charge < -0.3 is 5.11 Å². The second-order valence-electron chi connectivity index (χ2n) is 6.36. The van der Waals surface area contributed by atoms with Crippen LogP contribution in [-0.2, 0) is 4.79 Å². The van der Waals surface area contributed by atoms with Crippen molar-refractivity contribution in [1.82, 2.24) is 0 Å². The van der Waals surface area contributed by atoms with E-state index in [9.17, 15) is 22.8 Å². The van der Waals surface area contributed by atoms with Gasteiger partial charge in [-0.3, -0.25) is 9.59 Å². The summed E-state index contributed by atoms with van der Waals surface area (Å²) in [6, 6.07) is 2.64. The summed E-state index contributed by atoms with van der Waals surface area (Å²) >= 11 is 2.96. The zero-order valence-corrected chi connectivity index (χ0v) is 14.2. The first-order valence-electron chi connectivity index (χ1n) is 7.45. The van der Waals surface area contributed by atoms with Crippen LogP contribution in [0.15, 0.2) is 22.7 Å². The Kier molecular flexibility index (Phi) is 4.10. The number of Topliss-reactive ketones (excluding diaryl/α,β-unsaturated/α-hetero) is 1. The van der Waals surface area contributed by atoms with E-state index in [-0.39, 0.29) is 22.0 Å². The van der Waals surface area contributed by atoms with Crippen molar-refractivity contribution in [3.63, 3.8) is 0 Å². The molecule has 128 valence electrons. The number of carboxylic acids is 1. The zero-order chi connectivity index (χ0) is 17.8. The molecule has 3 rings (SSSR count). The molecule has 24 heavy (non-hydrogen) atoms. The molecule has 3 unspecified atom stereocenters. The van der Waals surface area contributed by atoms with Crippen LogP contribution in [0.4, 0.5) is 13.2 Å². The van der Waals surface area contributed by atoms with Gasteiger partial charge in [0.25, 0.3) is 6.43 Å². The zero-order valence-electron chi connectivity index (χ0n) is 12.7. The lowest BCUT2D eigenvalue weighted by molar-refractivity contribution is -0.137. The molecule has 1 saturated carbocycles. The molecule has 1 N–H and O–H groups in total. The minimum atomic E-state index is -2.94. The molecule has 2 aliphatic rings. The first-order chi connectivity index (χ1) is 11.2. The van der Waals surface area contributed by atoms with E-state index < -0.39 is 46.8 Å². The van der Waals surface area contributed by atoms with E-state index in [0.29, 0.717) is 6.42 Å². The Hall–Kier alpha value is -1.63. The lowest BCUT2D eigenvalue weighted by Crippen LogP contribution is -2.25. The van der Waals surface area contributed by atoms with Gasteiger partial charge in [0, 0.05) is 28.5 Å². The Morgan fingerprint density at radius 2 is 2.12 bits per heavy atom. The Morgan fingerprint density at radius 3 is 2.71 bits per heavy atom. The van der Waals surface area contributed by atoms with E-state index in [0.717, 1.165) is 0 Å². The van der Waals surface area contributed by atoms with Crippen molar-refractivity contribution in [2.45, 2.75) is 26.2 Å². The molecule has 2 aliphatic carbocycles. The quantitative estimate of drug-likeness (QED) is 0.806. The molecule has 3 nitrogen and oxygen atoms in total. The molecule has 1 aromatic rings. The highest BCUT2D eigenvalue weighted by molar-refractivity contribution is 9.10. The maximum Gasteiger partial charge on any atom is 0.303 e. The average Bonchev–Trinajstić information content (AvgIpc) is 3.21. The lowest BCUT2D eigenvalue weighted by atomic mass is 9.82. The summed E-state index contributed by atoms with van der Waals surface area (Å²) in [5.74, 6) is -3.41. The monoisotopic (exact) mass is 402 g/mol. The molecule has 0 aliphatic heterocycles. The molecule has 0 amide bonds. The normalized spacial score (nSPS) is 28.6. The van der Waals surface area contributed by atoms with Crippen LogP contribution < -0.4 is 0 Å². The second-order valence-corrected chi connectivity index (χ2v) is 7.22. The second kappa shape index (κ2) is 5.72. The fourth-order valence-corrected chi connectivity index (χ4v) is 4.14. The number of benzene rings is 1. The third kappa shape index (κ3) is 2.41. The molecule has 1 spiro atoms. The summed E-state index contributed by atoms with van der Waals surface area (Å²) in [7, 11) is 0. The standard InChI is InChI=1S/C17H14BrF3O3/c1-7-4-10(16(20)21)13-9(2-3-11(18)14(13)19)15(24)17(7)6-8(17)5-12(22)23/h2-4,7-8,16H,5-6H2,1H3,(H,22,23). The van der Waals surface area contributed by atoms with Crippen molar-refractivity contribution in [2.24, 2.45) is 17.3 Å². The van der Waals surface area contributed by atoms with Crippen LogP contribution in [0.5, 0.6) is 0 Å². The molecule has 0 bridgehead atoms. The Bertz CT molecular complexity index is 775. The number of carbonyl (C=O) groups excluding carboxylic acids is 1. The van der Waals surface area contributed by atoms with Gasteiger partial charge >= 0.3 is 5.97 Å². The summed E-state index contributed by atoms with van der Waals surface area (Å²) < 4.78 is 41.5. The number of ketones is 1. The molecule has 3 atom stereocenters. The molecule has 1 aromatic carbocycles. The SMILES string of the molecule is CC1C=C(C(F)F)c2c(ccc(Br)c2F)C(=O)C12CC2CC(=O)O. The topological polar surface area (TPSA) is 54.4 Å². The fraction of sp³-hybridized carbons (Fsp3) is 0.412. The maximum atomic E-state index is 14.5. The Morgan fingerprint density at radius 1 is 1.46 bits per heavy atom. The number of carboxylic acid groups (broad SMARTS) is 1. The number of halogens is 4. The van der Waals surface area contributed by atoms with Crippen LogP contribution in [0.25, 0.3) is 5.57 Å². The van der Waals surface area contributed by atoms with Crippen LogP contribution >= 0.6 is 15.9 Å². The van der Waals surface area contributed by atoms with Crippen LogP contribution in [0, 0.1) is 23.1 Å². The fourth-order valence-electron chi connectivity index (χ4n) is 3.81. The van der Waals surface area contributed by atoms with E-state index in [1.807, 2.05) is 0 Å². The van der Waals surface area contributed by atoms with Gasteiger partial charge in [-0.25, -0.2) is 13.2 Å². The highest BCUT2D eigenvalue weighted by Crippen LogP contribution is 2.63. The molecular weight excluding hydrogens is 389 g/mol. The van der Waals surface area contributed by atoms with Crippen LogP contribution in [0.1, 0.15) is 35.7 Å². The number of hydrogen-bond acceptors (Lipinski definition) is 2. The highest BCUT2D eigenvalue weighted by atomic mass is 79.9. The predicted molar refractivity (Wildman–Crippen MR) is 84.4 cm³/mol. The largest absolute Gasteiger partial charge is 0.481 e. The Labute approximate surface area is 144 Å². The van der Waals surface area contributed by atoms with E-state index in [1.54, 1.807) is 6.92 Å². The molecular formula is C17H14BrF3O3. The number of allylic oxidation sites excluding steroid dienone is 2. The van der Waals surface area contributed by atoms with Gasteiger partial charge in [-0.1, -0.05) is 13.0 Å². The van der Waals surface area contributed by atoms with Crippen LogP contribution in [0.3, 0.4) is 0 Å². The van der Waals surface area contributed by atoms with Gasteiger partial charge in [0.15, 0.2) is 5.78 Å². The first-order valence-corrected chi connectivity index (χ1v) is 8.24. The third-order valence-corrected chi connectivity index (χ3v) is 5.71. The van der Waals surface area contributed by atoms with Crippen LogP contribution in [-0.4, -0.2) is 23.3 Å². The minimum absolute atomic E-state index is 0.00193. The van der Waals surface area contributed by atoms with E-state index in [1.165, 1.54) is 18.2 Å². The highest BCUT2D eigenvalue weighted by Gasteiger charge is 2.63. The van der Waals surface area contributed by atoms with Crippen molar-refractivity contribution in [1.29, 1.82) is 0 Å². The van der Waals surface area contributed by atoms with Crippen molar-refractivity contribution >= 4 is 33.3 Å². The summed E-state index contributed by atoms with van der Waals surface area (Å²) in [6.07, 6.45) is -1.60. The minimum Gasteiger partial charge on any atom is -0.481 e.